The van der Waals surface area contributed by atoms with E-state index in [1.807, 2.05) is 0 Å². The van der Waals surface area contributed by atoms with E-state index in [0.717, 1.165) is 43.7 Å². The molecule has 4 rings (SSSR count). The second kappa shape index (κ2) is 9.84. The SMILES string of the molecule is COc1ccc([C@H](CC(=O)O)N2CCN(CCCc3ccc4c(n3)NCCC4)C2=O)cn1. The molecule has 1 atom stereocenters. The van der Waals surface area contributed by atoms with Crippen LogP contribution in [0.2, 0.25) is 0 Å². The highest BCUT2D eigenvalue weighted by Crippen LogP contribution is 2.29. The monoisotopic (exact) mass is 439 g/mol. The van der Waals surface area contributed by atoms with Crippen LogP contribution in [-0.4, -0.2) is 70.2 Å². The number of nitrogens with one attached hydrogen (secondary N) is 1. The lowest BCUT2D eigenvalue weighted by molar-refractivity contribution is -0.138. The minimum Gasteiger partial charge on any atom is -0.481 e. The van der Waals surface area contributed by atoms with E-state index in [2.05, 4.69) is 22.4 Å². The van der Waals surface area contributed by atoms with Gasteiger partial charge in [-0.1, -0.05) is 12.1 Å². The number of hydrogen-bond donors (Lipinski definition) is 2. The number of nitrogens with zero attached hydrogens (tertiary/aromatic N) is 4. The van der Waals surface area contributed by atoms with Crippen LogP contribution in [-0.2, 0) is 17.6 Å². The fourth-order valence-corrected chi connectivity index (χ4v) is 4.34. The summed E-state index contributed by atoms with van der Waals surface area (Å²) in [6.07, 6.45) is 5.21. The lowest BCUT2D eigenvalue weighted by Gasteiger charge is -2.27. The number of aromatic nitrogens is 2. The molecule has 2 aliphatic heterocycles. The van der Waals surface area contributed by atoms with Crippen LogP contribution in [0.3, 0.4) is 0 Å². The smallest absolute Gasteiger partial charge is 0.320 e. The molecular formula is C23H29N5O4. The van der Waals surface area contributed by atoms with E-state index < -0.39 is 12.0 Å². The van der Waals surface area contributed by atoms with Gasteiger partial charge in [0.05, 0.1) is 19.6 Å². The van der Waals surface area contributed by atoms with E-state index >= 15 is 0 Å². The molecule has 1 fully saturated rings. The van der Waals surface area contributed by atoms with Crippen molar-refractivity contribution in [2.75, 3.05) is 38.6 Å². The third kappa shape index (κ3) is 4.92. The summed E-state index contributed by atoms with van der Waals surface area (Å²) in [5.74, 6) is 0.481. The average Bonchev–Trinajstić information content (AvgIpc) is 3.17. The van der Waals surface area contributed by atoms with Crippen molar-refractivity contribution in [3.63, 3.8) is 0 Å². The number of aliphatic carboxylic acids is 1. The van der Waals surface area contributed by atoms with Crippen molar-refractivity contribution >= 4 is 17.8 Å². The molecule has 4 heterocycles. The maximum absolute atomic E-state index is 13.0. The van der Waals surface area contributed by atoms with Gasteiger partial charge in [-0.2, -0.15) is 0 Å². The van der Waals surface area contributed by atoms with Gasteiger partial charge in [0.25, 0.3) is 0 Å². The Hall–Kier alpha value is -3.36. The van der Waals surface area contributed by atoms with Crippen molar-refractivity contribution in [3.8, 4) is 5.88 Å². The standard InChI is InChI=1S/C23H29N5O4/c1-32-20-9-7-17(15-25-20)19(14-21(29)30)28-13-12-27(23(28)31)11-3-5-18-8-6-16-4-2-10-24-22(16)26-18/h6-9,15,19H,2-5,10-14H2,1H3,(H,24,26)(H,29,30)/t19-/m0/s1. The number of carbonyl (C=O) groups is 2. The molecule has 0 aromatic carbocycles. The molecule has 9 nitrogen and oxygen atoms in total. The van der Waals surface area contributed by atoms with E-state index in [-0.39, 0.29) is 12.5 Å². The zero-order valence-electron chi connectivity index (χ0n) is 18.3. The molecule has 0 saturated carbocycles. The molecule has 0 radical (unpaired) electrons. The summed E-state index contributed by atoms with van der Waals surface area (Å²) in [7, 11) is 1.52. The Bertz CT molecular complexity index is 965. The Morgan fingerprint density at radius 1 is 1.28 bits per heavy atom. The number of carbonyl (C=O) groups excluding carboxylic acids is 1. The van der Waals surface area contributed by atoms with Crippen LogP contribution >= 0.6 is 0 Å². The van der Waals surface area contributed by atoms with Gasteiger partial charge in [-0.15, -0.1) is 0 Å². The van der Waals surface area contributed by atoms with Gasteiger partial charge in [0.15, 0.2) is 0 Å². The number of urea groups is 1. The van der Waals surface area contributed by atoms with Gasteiger partial charge in [-0.25, -0.2) is 14.8 Å². The summed E-state index contributed by atoms with van der Waals surface area (Å²) in [5, 5.41) is 12.8. The van der Waals surface area contributed by atoms with E-state index in [9.17, 15) is 14.7 Å². The number of hydrogen-bond acceptors (Lipinski definition) is 6. The number of methoxy groups -OCH3 is 1. The Morgan fingerprint density at radius 3 is 2.91 bits per heavy atom. The summed E-state index contributed by atoms with van der Waals surface area (Å²) in [6, 6.07) is 6.98. The number of rotatable bonds is 9. The van der Waals surface area contributed by atoms with Gasteiger partial charge < -0.3 is 25.0 Å². The van der Waals surface area contributed by atoms with Crippen molar-refractivity contribution < 1.29 is 19.4 Å². The number of carboxylic acid groups (broad SMARTS) is 1. The largest absolute Gasteiger partial charge is 0.481 e. The fraction of sp³-hybridized carbons (Fsp3) is 0.478. The Kier molecular flexibility index (Phi) is 6.72. The van der Waals surface area contributed by atoms with Crippen LogP contribution in [0.1, 0.15) is 42.1 Å². The van der Waals surface area contributed by atoms with Gasteiger partial charge in [-0.05, 0) is 42.9 Å². The van der Waals surface area contributed by atoms with Gasteiger partial charge in [0.1, 0.15) is 5.82 Å². The Labute approximate surface area is 187 Å². The summed E-state index contributed by atoms with van der Waals surface area (Å²) < 4.78 is 5.08. The molecular weight excluding hydrogens is 410 g/mol. The Balaban J connectivity index is 1.36. The number of amides is 2. The van der Waals surface area contributed by atoms with E-state index in [0.29, 0.717) is 31.1 Å². The Morgan fingerprint density at radius 2 is 2.16 bits per heavy atom. The lowest BCUT2D eigenvalue weighted by Crippen LogP contribution is -2.36. The van der Waals surface area contributed by atoms with Crippen molar-refractivity contribution in [1.29, 1.82) is 0 Å². The molecule has 0 aliphatic carbocycles. The van der Waals surface area contributed by atoms with E-state index in [1.54, 1.807) is 28.1 Å². The summed E-state index contributed by atoms with van der Waals surface area (Å²) in [4.78, 5) is 36.8. The number of fused-ring (bicyclic) bond motifs is 1. The molecule has 170 valence electrons. The first-order valence-corrected chi connectivity index (χ1v) is 11.0. The summed E-state index contributed by atoms with van der Waals surface area (Å²) in [6.45, 7) is 2.65. The van der Waals surface area contributed by atoms with E-state index in [4.69, 9.17) is 9.72 Å². The van der Waals surface area contributed by atoms with Crippen LogP contribution in [0.5, 0.6) is 5.88 Å². The minimum absolute atomic E-state index is 0.132. The second-order valence-electron chi connectivity index (χ2n) is 8.15. The van der Waals surface area contributed by atoms with Crippen molar-refractivity contribution in [3.05, 3.63) is 47.3 Å². The first kappa shape index (κ1) is 21.9. The quantitative estimate of drug-likeness (QED) is 0.618. The zero-order chi connectivity index (χ0) is 22.5. The van der Waals surface area contributed by atoms with Crippen LogP contribution in [0.4, 0.5) is 10.6 Å². The second-order valence-corrected chi connectivity index (χ2v) is 8.15. The predicted octanol–water partition coefficient (Wildman–Crippen LogP) is 2.73. The first-order valence-electron chi connectivity index (χ1n) is 11.0. The van der Waals surface area contributed by atoms with Gasteiger partial charge in [-0.3, -0.25) is 4.79 Å². The number of carboxylic acids is 1. The number of anilines is 1. The molecule has 1 saturated heterocycles. The molecule has 2 aliphatic rings. The first-order chi connectivity index (χ1) is 15.5. The fourth-order valence-electron chi connectivity index (χ4n) is 4.34. The molecule has 0 bridgehead atoms. The molecule has 2 amide bonds. The van der Waals surface area contributed by atoms with Crippen molar-refractivity contribution in [1.82, 2.24) is 19.8 Å². The number of pyridine rings is 2. The number of ether oxygens (including phenoxy) is 1. The van der Waals surface area contributed by atoms with Crippen molar-refractivity contribution in [2.24, 2.45) is 0 Å². The van der Waals surface area contributed by atoms with Crippen LogP contribution in [0.25, 0.3) is 0 Å². The molecule has 2 aromatic rings. The van der Waals surface area contributed by atoms with Crippen LogP contribution in [0, 0.1) is 0 Å². The van der Waals surface area contributed by atoms with Gasteiger partial charge in [0.2, 0.25) is 5.88 Å². The van der Waals surface area contributed by atoms with Crippen molar-refractivity contribution in [2.45, 2.75) is 38.1 Å². The third-order valence-electron chi connectivity index (χ3n) is 6.04. The molecule has 32 heavy (non-hydrogen) atoms. The zero-order valence-corrected chi connectivity index (χ0v) is 18.3. The minimum atomic E-state index is -0.954. The molecule has 2 aromatic heterocycles. The van der Waals surface area contributed by atoms with E-state index in [1.165, 1.54) is 12.7 Å². The highest BCUT2D eigenvalue weighted by Gasteiger charge is 2.35. The van der Waals surface area contributed by atoms with Gasteiger partial charge >= 0.3 is 12.0 Å². The summed E-state index contributed by atoms with van der Waals surface area (Å²) in [5.41, 5.74) is 2.98. The molecule has 9 heteroatoms. The maximum Gasteiger partial charge on any atom is 0.320 e. The normalized spacial score (nSPS) is 16.5. The average molecular weight is 440 g/mol. The summed E-state index contributed by atoms with van der Waals surface area (Å²) >= 11 is 0. The van der Waals surface area contributed by atoms with Crippen LogP contribution < -0.4 is 10.1 Å². The topological polar surface area (TPSA) is 108 Å². The number of aryl methyl sites for hydroxylation is 2. The molecule has 0 spiro atoms. The molecule has 0 unspecified atom stereocenters. The van der Waals surface area contributed by atoms with Gasteiger partial charge in [0, 0.05) is 44.1 Å². The highest BCUT2D eigenvalue weighted by molar-refractivity contribution is 5.78. The van der Waals surface area contributed by atoms with Crippen LogP contribution in [0.15, 0.2) is 30.5 Å². The molecule has 2 N–H and O–H groups in total. The lowest BCUT2D eigenvalue weighted by atomic mass is 10.0. The maximum atomic E-state index is 13.0. The highest BCUT2D eigenvalue weighted by atomic mass is 16.5. The third-order valence-corrected chi connectivity index (χ3v) is 6.04. The predicted molar refractivity (Wildman–Crippen MR) is 119 cm³/mol.